The summed E-state index contributed by atoms with van der Waals surface area (Å²) in [6, 6.07) is 43.6. The summed E-state index contributed by atoms with van der Waals surface area (Å²) in [5.41, 5.74) is 13.0. The Morgan fingerprint density at radius 2 is 1.36 bits per heavy atom. The van der Waals surface area contributed by atoms with Crippen LogP contribution in [0.25, 0.3) is 28.3 Å². The van der Waals surface area contributed by atoms with Crippen molar-refractivity contribution in [2.24, 2.45) is 5.10 Å². The molecule has 0 fully saturated rings. The predicted octanol–water partition coefficient (Wildman–Crippen LogP) is 7.93. The summed E-state index contributed by atoms with van der Waals surface area (Å²) in [4.78, 5) is 25.4. The number of nitrogens with one attached hydrogen (secondary N) is 1. The Hall–Kier alpha value is -5.50. The van der Waals surface area contributed by atoms with Gasteiger partial charge in [0.15, 0.2) is 5.84 Å². The van der Waals surface area contributed by atoms with Gasteiger partial charge in [-0.05, 0) is 88.7 Å². The molecule has 1 amide bonds. The van der Waals surface area contributed by atoms with E-state index in [2.05, 4.69) is 100 Å². The normalized spacial score (nSPS) is 15.3. The molecule has 0 spiro atoms. The van der Waals surface area contributed by atoms with Crippen LogP contribution in [0.2, 0.25) is 0 Å². The zero-order valence-electron chi connectivity index (χ0n) is 24.9. The van der Waals surface area contributed by atoms with Crippen LogP contribution in [0.4, 0.5) is 17.1 Å². The van der Waals surface area contributed by atoms with Crippen LogP contribution in [-0.4, -0.2) is 25.4 Å². The maximum atomic E-state index is 13.4. The second-order valence-electron chi connectivity index (χ2n) is 10.9. The van der Waals surface area contributed by atoms with E-state index in [1.165, 1.54) is 45.6 Å². The van der Waals surface area contributed by atoms with Gasteiger partial charge in [-0.1, -0.05) is 91.0 Å². The van der Waals surface area contributed by atoms with Crippen molar-refractivity contribution in [3.05, 3.63) is 144 Å². The van der Waals surface area contributed by atoms with Crippen molar-refractivity contribution in [2.45, 2.75) is 12.8 Å². The highest BCUT2D eigenvalue weighted by Crippen LogP contribution is 2.36. The van der Waals surface area contributed by atoms with Crippen LogP contribution < -0.4 is 15.4 Å². The van der Waals surface area contributed by atoms with Gasteiger partial charge in [-0.15, -0.1) is 10.1 Å². The van der Waals surface area contributed by atoms with Crippen molar-refractivity contribution >= 4 is 34.9 Å². The minimum atomic E-state index is -0.252. The third-order valence-corrected chi connectivity index (χ3v) is 8.14. The van der Waals surface area contributed by atoms with Crippen LogP contribution in [0.3, 0.4) is 0 Å². The van der Waals surface area contributed by atoms with Gasteiger partial charge in [-0.2, -0.15) is 5.01 Å². The highest BCUT2D eigenvalue weighted by atomic mass is 17.3. The second-order valence-corrected chi connectivity index (χ2v) is 10.9. The Kier molecular flexibility index (Phi) is 7.93. The van der Waals surface area contributed by atoms with Crippen LogP contribution in [0.15, 0.2) is 138 Å². The maximum absolute atomic E-state index is 13.4. The van der Waals surface area contributed by atoms with E-state index in [0.717, 1.165) is 30.6 Å². The van der Waals surface area contributed by atoms with E-state index in [-0.39, 0.29) is 11.7 Å². The number of carbonyl (C=O) groups excluding carboxylic acids is 1. The zero-order valence-corrected chi connectivity index (χ0v) is 24.9. The van der Waals surface area contributed by atoms with Crippen LogP contribution in [0, 0.1) is 0 Å². The van der Waals surface area contributed by atoms with Crippen molar-refractivity contribution in [1.29, 1.82) is 0 Å². The number of benzene rings is 5. The van der Waals surface area contributed by atoms with Crippen molar-refractivity contribution in [1.82, 2.24) is 5.48 Å². The van der Waals surface area contributed by atoms with Gasteiger partial charge in [0.05, 0.1) is 18.4 Å². The molecule has 0 atom stereocenters. The number of hydrogen-bond acceptors (Lipinski definition) is 6. The lowest BCUT2D eigenvalue weighted by Crippen LogP contribution is -2.26. The first-order valence-electron chi connectivity index (χ1n) is 15.0. The fourth-order valence-corrected chi connectivity index (χ4v) is 5.91. The first-order valence-corrected chi connectivity index (χ1v) is 15.0. The average molecular weight is 593 g/mol. The van der Waals surface area contributed by atoms with Crippen LogP contribution >= 0.6 is 0 Å². The number of fused-ring (bicyclic) bond motifs is 1. The summed E-state index contributed by atoms with van der Waals surface area (Å²) in [5.74, 6) is 0.0254. The smallest absolute Gasteiger partial charge is 0.282 e. The van der Waals surface area contributed by atoms with E-state index in [0.29, 0.717) is 11.3 Å². The number of anilines is 3. The quantitative estimate of drug-likeness (QED) is 0.118. The molecule has 0 bridgehead atoms. The molecule has 7 nitrogen and oxygen atoms in total. The van der Waals surface area contributed by atoms with E-state index >= 15 is 0 Å². The number of amides is 1. The number of rotatable bonds is 7. The number of hydroxylamine groups is 1. The highest BCUT2D eigenvalue weighted by molar-refractivity contribution is 6.31. The summed E-state index contributed by atoms with van der Waals surface area (Å²) in [6.07, 6.45) is 3.84. The number of nitrogens with zero attached hydrogens (tertiary/aromatic N) is 3. The van der Waals surface area contributed by atoms with Crippen LogP contribution in [0.1, 0.15) is 17.5 Å². The second kappa shape index (κ2) is 12.6. The Morgan fingerprint density at radius 1 is 0.733 bits per heavy atom. The molecule has 222 valence electrons. The lowest BCUT2D eigenvalue weighted by atomic mass is 9.97. The number of hydrogen-bond donors (Lipinski definition) is 1. The van der Waals surface area contributed by atoms with Crippen molar-refractivity contribution in [2.75, 3.05) is 23.6 Å². The number of para-hydroxylation sites is 1. The number of hydrazone groups is 1. The van der Waals surface area contributed by atoms with Gasteiger partial charge in [0.25, 0.3) is 5.91 Å². The molecule has 2 heterocycles. The molecule has 5 aromatic rings. The summed E-state index contributed by atoms with van der Waals surface area (Å²) in [5, 5.41) is 5.80. The van der Waals surface area contributed by atoms with Gasteiger partial charge in [-0.25, -0.2) is 10.4 Å². The molecule has 0 radical (unpaired) electrons. The minimum Gasteiger partial charge on any atom is -0.341 e. The van der Waals surface area contributed by atoms with Gasteiger partial charge in [0.2, 0.25) is 0 Å². The van der Waals surface area contributed by atoms with Crippen LogP contribution in [-0.2, 0) is 21.1 Å². The largest absolute Gasteiger partial charge is 0.341 e. The Bertz CT molecular complexity index is 1870. The highest BCUT2D eigenvalue weighted by Gasteiger charge is 2.32. The standard InChI is InChI=1S/C38H32N4O3/c1-44-45-40-37-35(38(43)42(39-37)34-12-6-3-7-13-34)26-27-14-23-36-32(25-27)11-8-24-41(36)33-21-19-31(20-22-33)30-17-15-29(16-18-30)28-9-4-2-5-10-28/h2-7,9-10,12-23,25-26H,8,11,24H2,1H3,(H,39,40)/b35-26-. The summed E-state index contributed by atoms with van der Waals surface area (Å²) >= 11 is 0. The van der Waals surface area contributed by atoms with Gasteiger partial charge in [0, 0.05) is 17.9 Å². The minimum absolute atomic E-state index is 0.252. The SMILES string of the molecule is COONC1=NN(c2ccccc2)C(=O)/C1=C\c1ccc2c(c1)CCCN2c1ccc(-c2ccc(-c3ccccc3)cc2)cc1. The molecule has 7 rings (SSSR count). The molecular formula is C38H32N4O3. The monoisotopic (exact) mass is 592 g/mol. The van der Waals surface area contributed by atoms with E-state index in [1.54, 1.807) is 0 Å². The lowest BCUT2D eigenvalue weighted by molar-refractivity contribution is -0.300. The molecule has 2 aliphatic heterocycles. The molecule has 0 aromatic heterocycles. The summed E-state index contributed by atoms with van der Waals surface area (Å²) < 4.78 is 0. The molecular weight excluding hydrogens is 560 g/mol. The summed E-state index contributed by atoms with van der Waals surface area (Å²) in [7, 11) is 1.38. The van der Waals surface area contributed by atoms with Crippen LogP contribution in [0.5, 0.6) is 0 Å². The fourth-order valence-electron chi connectivity index (χ4n) is 5.91. The Morgan fingerprint density at radius 3 is 2.02 bits per heavy atom. The van der Waals surface area contributed by atoms with Gasteiger partial charge < -0.3 is 4.90 Å². The zero-order chi connectivity index (χ0) is 30.6. The third-order valence-electron chi connectivity index (χ3n) is 8.14. The number of amidine groups is 1. The Balaban J connectivity index is 1.12. The molecule has 0 unspecified atom stereocenters. The van der Waals surface area contributed by atoms with Gasteiger partial charge in [-0.3, -0.25) is 4.79 Å². The third kappa shape index (κ3) is 5.87. The molecule has 7 heteroatoms. The van der Waals surface area contributed by atoms with E-state index in [9.17, 15) is 4.79 Å². The van der Waals surface area contributed by atoms with E-state index < -0.39 is 0 Å². The predicted molar refractivity (Wildman–Crippen MR) is 180 cm³/mol. The fraction of sp³-hybridized carbons (Fsp3) is 0.105. The Labute approximate surface area is 262 Å². The van der Waals surface area contributed by atoms with Gasteiger partial charge in [0.1, 0.15) is 0 Å². The molecule has 5 aromatic carbocycles. The lowest BCUT2D eigenvalue weighted by Gasteiger charge is -2.32. The maximum Gasteiger partial charge on any atom is 0.282 e. The molecule has 1 N–H and O–H groups in total. The number of aryl methyl sites for hydroxylation is 1. The van der Waals surface area contributed by atoms with Crippen molar-refractivity contribution < 1.29 is 14.7 Å². The summed E-state index contributed by atoms with van der Waals surface area (Å²) in [6.45, 7) is 0.943. The topological polar surface area (TPSA) is 66.4 Å². The molecule has 2 aliphatic rings. The van der Waals surface area contributed by atoms with Crippen molar-refractivity contribution in [3.8, 4) is 22.3 Å². The molecule has 45 heavy (non-hydrogen) atoms. The van der Waals surface area contributed by atoms with E-state index in [4.69, 9.17) is 9.88 Å². The molecule has 0 saturated heterocycles. The molecule has 0 aliphatic carbocycles. The van der Waals surface area contributed by atoms with Gasteiger partial charge >= 0.3 is 0 Å². The number of carbonyl (C=O) groups is 1. The van der Waals surface area contributed by atoms with E-state index in [1.807, 2.05) is 48.5 Å². The van der Waals surface area contributed by atoms with Crippen molar-refractivity contribution in [3.63, 3.8) is 0 Å². The average Bonchev–Trinajstić information content (AvgIpc) is 3.42. The first kappa shape index (κ1) is 28.3. The molecule has 0 saturated carbocycles. The first-order chi connectivity index (χ1) is 22.2.